The summed E-state index contributed by atoms with van der Waals surface area (Å²) in [5, 5.41) is 3.45. The van der Waals surface area contributed by atoms with Crippen molar-refractivity contribution in [1.29, 1.82) is 0 Å². The number of hydrogen-bond acceptors (Lipinski definition) is 7. The highest BCUT2D eigenvalue weighted by molar-refractivity contribution is 7.09. The van der Waals surface area contributed by atoms with Crippen molar-refractivity contribution >= 4 is 23.0 Å². The molecule has 25 heavy (non-hydrogen) atoms. The van der Waals surface area contributed by atoms with E-state index in [1.165, 1.54) is 23.5 Å². The second-order valence-electron chi connectivity index (χ2n) is 6.78. The van der Waals surface area contributed by atoms with Crippen LogP contribution in [-0.2, 0) is 13.0 Å². The van der Waals surface area contributed by atoms with Gasteiger partial charge in [-0.15, -0.1) is 11.3 Å². The molecule has 0 aromatic carbocycles. The minimum atomic E-state index is 0.965. The van der Waals surface area contributed by atoms with Crippen LogP contribution >= 0.6 is 11.3 Å². The number of anilines is 2. The summed E-state index contributed by atoms with van der Waals surface area (Å²) in [6.07, 6.45) is 5.30. The smallest absolute Gasteiger partial charge is 0.134 e. The molecule has 0 N–H and O–H groups in total. The molecule has 4 rings (SSSR count). The van der Waals surface area contributed by atoms with E-state index in [1.807, 2.05) is 0 Å². The van der Waals surface area contributed by atoms with E-state index in [9.17, 15) is 0 Å². The number of thiazole rings is 1. The quantitative estimate of drug-likeness (QED) is 0.818. The molecule has 2 aliphatic rings. The van der Waals surface area contributed by atoms with Crippen LogP contribution in [0.5, 0.6) is 0 Å². The summed E-state index contributed by atoms with van der Waals surface area (Å²) in [6.45, 7) is 9.52. The fraction of sp³-hybridized carbons (Fsp3) is 0.611. The highest BCUT2D eigenvalue weighted by atomic mass is 32.1. The van der Waals surface area contributed by atoms with Crippen LogP contribution in [0.1, 0.15) is 30.5 Å². The van der Waals surface area contributed by atoms with Crippen LogP contribution in [-0.4, -0.2) is 59.1 Å². The highest BCUT2D eigenvalue weighted by Crippen LogP contribution is 2.22. The SMILES string of the molecule is CCc1nc(CN2CCN(c3cc(N4CCCC4)ncn3)CC2)cs1. The normalized spacial score (nSPS) is 18.9. The van der Waals surface area contributed by atoms with E-state index in [0.29, 0.717) is 0 Å². The Bertz CT molecular complexity index is 688. The molecular weight excluding hydrogens is 332 g/mol. The molecule has 7 heteroatoms. The Morgan fingerprint density at radius 1 is 0.960 bits per heavy atom. The Hall–Kier alpha value is -1.73. The van der Waals surface area contributed by atoms with Crippen molar-refractivity contribution in [2.24, 2.45) is 0 Å². The van der Waals surface area contributed by atoms with Crippen molar-refractivity contribution < 1.29 is 0 Å². The molecule has 4 heterocycles. The van der Waals surface area contributed by atoms with Gasteiger partial charge in [0.15, 0.2) is 0 Å². The first-order chi connectivity index (χ1) is 12.3. The molecule has 0 atom stereocenters. The predicted molar refractivity (Wildman–Crippen MR) is 102 cm³/mol. The molecule has 0 unspecified atom stereocenters. The van der Waals surface area contributed by atoms with Gasteiger partial charge in [0.2, 0.25) is 0 Å². The second-order valence-corrected chi connectivity index (χ2v) is 7.72. The molecule has 0 saturated carbocycles. The lowest BCUT2D eigenvalue weighted by Crippen LogP contribution is -2.46. The molecular formula is C18H26N6S. The molecule has 2 aliphatic heterocycles. The topological polar surface area (TPSA) is 48.4 Å². The molecule has 2 aromatic rings. The van der Waals surface area contributed by atoms with E-state index in [0.717, 1.165) is 63.9 Å². The minimum absolute atomic E-state index is 0.965. The molecule has 134 valence electrons. The molecule has 6 nitrogen and oxygen atoms in total. The molecule has 0 amide bonds. The van der Waals surface area contributed by atoms with Crippen LogP contribution in [0.15, 0.2) is 17.8 Å². The number of aryl methyl sites for hydroxylation is 1. The first kappa shape index (κ1) is 16.7. The Morgan fingerprint density at radius 3 is 2.28 bits per heavy atom. The summed E-state index contributed by atoms with van der Waals surface area (Å²) in [5.41, 5.74) is 1.22. The number of piperazine rings is 1. The van der Waals surface area contributed by atoms with Crippen molar-refractivity contribution in [1.82, 2.24) is 19.9 Å². The van der Waals surface area contributed by atoms with E-state index >= 15 is 0 Å². The van der Waals surface area contributed by atoms with Gasteiger partial charge in [0.25, 0.3) is 0 Å². The average Bonchev–Trinajstić information content (AvgIpc) is 3.34. The predicted octanol–water partition coefficient (Wildman–Crippen LogP) is 2.42. The van der Waals surface area contributed by atoms with Crippen LogP contribution in [0.4, 0.5) is 11.6 Å². The Balaban J connectivity index is 1.34. The number of hydrogen-bond donors (Lipinski definition) is 0. The van der Waals surface area contributed by atoms with Gasteiger partial charge < -0.3 is 9.80 Å². The summed E-state index contributed by atoms with van der Waals surface area (Å²) in [5.74, 6) is 2.15. The van der Waals surface area contributed by atoms with Crippen LogP contribution in [0.3, 0.4) is 0 Å². The Morgan fingerprint density at radius 2 is 1.64 bits per heavy atom. The zero-order valence-electron chi connectivity index (χ0n) is 14.9. The van der Waals surface area contributed by atoms with Gasteiger partial charge in [-0.25, -0.2) is 15.0 Å². The van der Waals surface area contributed by atoms with Gasteiger partial charge in [0.1, 0.15) is 18.0 Å². The van der Waals surface area contributed by atoms with E-state index in [1.54, 1.807) is 17.7 Å². The van der Waals surface area contributed by atoms with E-state index in [2.05, 4.69) is 43.0 Å². The van der Waals surface area contributed by atoms with Crippen molar-refractivity contribution in [3.63, 3.8) is 0 Å². The summed E-state index contributed by atoms with van der Waals surface area (Å²) in [4.78, 5) is 20.9. The summed E-state index contributed by atoms with van der Waals surface area (Å²) in [7, 11) is 0. The van der Waals surface area contributed by atoms with E-state index in [4.69, 9.17) is 4.98 Å². The van der Waals surface area contributed by atoms with Gasteiger partial charge in [-0.1, -0.05) is 6.92 Å². The largest absolute Gasteiger partial charge is 0.356 e. The second kappa shape index (κ2) is 7.66. The van der Waals surface area contributed by atoms with Gasteiger partial charge in [0, 0.05) is 57.3 Å². The fourth-order valence-corrected chi connectivity index (χ4v) is 4.31. The van der Waals surface area contributed by atoms with Crippen LogP contribution in [0.2, 0.25) is 0 Å². The average molecular weight is 359 g/mol. The summed E-state index contributed by atoms with van der Waals surface area (Å²) in [6, 6.07) is 2.16. The van der Waals surface area contributed by atoms with Crippen molar-refractivity contribution in [2.45, 2.75) is 32.7 Å². The molecule has 0 spiro atoms. The number of rotatable bonds is 5. The number of nitrogens with zero attached hydrogens (tertiary/aromatic N) is 6. The summed E-state index contributed by atoms with van der Waals surface area (Å²) < 4.78 is 0. The molecule has 2 aromatic heterocycles. The minimum Gasteiger partial charge on any atom is -0.356 e. The molecule has 0 bridgehead atoms. The van der Waals surface area contributed by atoms with Crippen molar-refractivity contribution in [3.8, 4) is 0 Å². The molecule has 0 radical (unpaired) electrons. The highest BCUT2D eigenvalue weighted by Gasteiger charge is 2.21. The fourth-order valence-electron chi connectivity index (χ4n) is 3.58. The van der Waals surface area contributed by atoms with Crippen molar-refractivity contribution in [2.75, 3.05) is 49.1 Å². The van der Waals surface area contributed by atoms with Crippen LogP contribution in [0.25, 0.3) is 0 Å². The third-order valence-electron chi connectivity index (χ3n) is 5.05. The zero-order chi connectivity index (χ0) is 17.1. The lowest BCUT2D eigenvalue weighted by molar-refractivity contribution is 0.247. The lowest BCUT2D eigenvalue weighted by atomic mass is 10.3. The standard InChI is InChI=1S/C18H26N6S/c1-2-18-21-15(13-25-18)12-22-7-9-24(10-8-22)17-11-16(19-14-20-17)23-5-3-4-6-23/h11,13-14H,2-10,12H2,1H3. The van der Waals surface area contributed by atoms with Crippen molar-refractivity contribution in [3.05, 3.63) is 28.5 Å². The first-order valence-corrected chi connectivity index (χ1v) is 10.2. The molecule has 2 fully saturated rings. The maximum Gasteiger partial charge on any atom is 0.134 e. The summed E-state index contributed by atoms with van der Waals surface area (Å²) >= 11 is 1.78. The van der Waals surface area contributed by atoms with Gasteiger partial charge in [-0.3, -0.25) is 4.90 Å². The maximum absolute atomic E-state index is 4.69. The van der Waals surface area contributed by atoms with Gasteiger partial charge in [-0.2, -0.15) is 0 Å². The van der Waals surface area contributed by atoms with Gasteiger partial charge in [0.05, 0.1) is 10.7 Å². The Kier molecular flexibility index (Phi) is 5.12. The number of aromatic nitrogens is 3. The first-order valence-electron chi connectivity index (χ1n) is 9.29. The van der Waals surface area contributed by atoms with Gasteiger partial charge >= 0.3 is 0 Å². The van der Waals surface area contributed by atoms with Crippen LogP contribution < -0.4 is 9.80 Å². The third kappa shape index (κ3) is 3.93. The van der Waals surface area contributed by atoms with E-state index < -0.39 is 0 Å². The lowest BCUT2D eigenvalue weighted by Gasteiger charge is -2.35. The zero-order valence-corrected chi connectivity index (χ0v) is 15.7. The third-order valence-corrected chi connectivity index (χ3v) is 6.09. The molecule has 2 saturated heterocycles. The van der Waals surface area contributed by atoms with Crippen LogP contribution in [0, 0.1) is 0 Å². The van der Waals surface area contributed by atoms with Gasteiger partial charge in [-0.05, 0) is 19.3 Å². The monoisotopic (exact) mass is 358 g/mol. The maximum atomic E-state index is 4.69. The van der Waals surface area contributed by atoms with E-state index in [-0.39, 0.29) is 0 Å². The Labute approximate surface area is 153 Å². The molecule has 0 aliphatic carbocycles.